The summed E-state index contributed by atoms with van der Waals surface area (Å²) in [6, 6.07) is 56.9. The molecule has 0 saturated heterocycles. The average molecular weight is 500 g/mol. The third kappa shape index (κ3) is 4.53. The van der Waals surface area contributed by atoms with Crippen LogP contribution < -0.4 is 4.90 Å². The van der Waals surface area contributed by atoms with Crippen LogP contribution in [0.25, 0.3) is 22.3 Å². The van der Waals surface area contributed by atoms with Gasteiger partial charge in [0.15, 0.2) is 0 Å². The standard InChI is InChI=1S/C38H29N/c1-3-9-28(10-4-1)30-15-21-34(22-16-30)39(35-23-17-31(18-24-35)29-11-5-2-6-12-29)36-25-19-32(20-26-36)38-27-33-13-7-8-14-37(33)38/h1-26,38H,27H2. The Bertz CT molecular complexity index is 1600. The van der Waals surface area contributed by atoms with Crippen molar-refractivity contribution in [1.29, 1.82) is 0 Å². The van der Waals surface area contributed by atoms with Gasteiger partial charge in [-0.05, 0) is 81.8 Å². The van der Waals surface area contributed by atoms with E-state index < -0.39 is 0 Å². The predicted octanol–water partition coefficient (Wildman–Crippen LogP) is 10.2. The van der Waals surface area contributed by atoms with Crippen molar-refractivity contribution in [2.75, 3.05) is 4.90 Å². The van der Waals surface area contributed by atoms with Crippen molar-refractivity contribution in [3.63, 3.8) is 0 Å². The molecule has 0 spiro atoms. The molecule has 0 amide bonds. The second-order valence-electron chi connectivity index (χ2n) is 10.2. The summed E-state index contributed by atoms with van der Waals surface area (Å²) in [5, 5.41) is 0. The van der Waals surface area contributed by atoms with Crippen molar-refractivity contribution in [3.8, 4) is 22.3 Å². The minimum Gasteiger partial charge on any atom is -0.311 e. The van der Waals surface area contributed by atoms with Crippen molar-refractivity contribution in [2.24, 2.45) is 0 Å². The molecule has 0 bridgehead atoms. The normalized spacial score (nSPS) is 13.8. The van der Waals surface area contributed by atoms with Crippen LogP contribution in [0.5, 0.6) is 0 Å². The summed E-state index contributed by atoms with van der Waals surface area (Å²) in [6.45, 7) is 0. The van der Waals surface area contributed by atoms with Gasteiger partial charge in [0.25, 0.3) is 0 Å². The second-order valence-corrected chi connectivity index (χ2v) is 10.2. The van der Waals surface area contributed by atoms with Crippen LogP contribution in [0.1, 0.15) is 22.6 Å². The molecule has 0 fully saturated rings. The van der Waals surface area contributed by atoms with Gasteiger partial charge in [0, 0.05) is 23.0 Å². The van der Waals surface area contributed by atoms with Crippen LogP contribution >= 0.6 is 0 Å². The fourth-order valence-corrected chi connectivity index (χ4v) is 5.73. The molecule has 1 atom stereocenters. The summed E-state index contributed by atoms with van der Waals surface area (Å²) in [5.74, 6) is 0.499. The summed E-state index contributed by atoms with van der Waals surface area (Å²) in [7, 11) is 0. The number of nitrogens with zero attached hydrogens (tertiary/aromatic N) is 1. The van der Waals surface area contributed by atoms with E-state index in [1.54, 1.807) is 0 Å². The van der Waals surface area contributed by atoms with Crippen molar-refractivity contribution >= 4 is 17.1 Å². The number of hydrogen-bond donors (Lipinski definition) is 0. The van der Waals surface area contributed by atoms with Gasteiger partial charge in [0.1, 0.15) is 0 Å². The van der Waals surface area contributed by atoms with Gasteiger partial charge < -0.3 is 4.90 Å². The first-order valence-corrected chi connectivity index (χ1v) is 13.6. The van der Waals surface area contributed by atoms with Crippen LogP contribution in [0, 0.1) is 0 Å². The number of fused-ring (bicyclic) bond motifs is 1. The molecule has 1 aliphatic rings. The molecule has 39 heavy (non-hydrogen) atoms. The molecule has 6 aromatic carbocycles. The SMILES string of the molecule is c1ccc(-c2ccc(N(c3ccc(-c4ccccc4)cc3)c3ccc(C4Cc5ccccc54)cc3)cc2)cc1. The first-order valence-electron chi connectivity index (χ1n) is 13.6. The van der Waals surface area contributed by atoms with Gasteiger partial charge in [0.2, 0.25) is 0 Å². The van der Waals surface area contributed by atoms with Crippen LogP contribution in [0.3, 0.4) is 0 Å². The van der Waals surface area contributed by atoms with Crippen LogP contribution in [-0.4, -0.2) is 0 Å². The summed E-state index contributed by atoms with van der Waals surface area (Å²) in [5.41, 5.74) is 12.7. The third-order valence-corrected chi connectivity index (χ3v) is 7.87. The average Bonchev–Trinajstić information content (AvgIpc) is 3.00. The number of hydrogen-bond acceptors (Lipinski definition) is 1. The lowest BCUT2D eigenvalue weighted by Crippen LogP contribution is -2.18. The monoisotopic (exact) mass is 499 g/mol. The molecule has 1 aliphatic carbocycles. The van der Waals surface area contributed by atoms with Crippen molar-refractivity contribution in [3.05, 3.63) is 174 Å². The predicted molar refractivity (Wildman–Crippen MR) is 164 cm³/mol. The highest BCUT2D eigenvalue weighted by molar-refractivity contribution is 5.80. The van der Waals surface area contributed by atoms with E-state index in [9.17, 15) is 0 Å². The molecular weight excluding hydrogens is 470 g/mol. The maximum atomic E-state index is 2.35. The van der Waals surface area contributed by atoms with E-state index in [0.29, 0.717) is 5.92 Å². The number of anilines is 3. The highest BCUT2D eigenvalue weighted by atomic mass is 15.1. The molecule has 0 heterocycles. The lowest BCUT2D eigenvalue weighted by Gasteiger charge is -2.31. The van der Waals surface area contributed by atoms with E-state index in [0.717, 1.165) is 23.5 Å². The molecule has 0 N–H and O–H groups in total. The smallest absolute Gasteiger partial charge is 0.0462 e. The maximum absolute atomic E-state index is 2.35. The maximum Gasteiger partial charge on any atom is 0.0462 e. The molecule has 186 valence electrons. The number of rotatable bonds is 6. The Balaban J connectivity index is 1.24. The summed E-state index contributed by atoms with van der Waals surface area (Å²) in [6.07, 6.45) is 1.13. The highest BCUT2D eigenvalue weighted by Gasteiger charge is 2.27. The molecule has 1 heteroatoms. The molecular formula is C38H29N. The molecule has 0 radical (unpaired) electrons. The van der Waals surface area contributed by atoms with E-state index in [-0.39, 0.29) is 0 Å². The number of benzene rings is 6. The minimum absolute atomic E-state index is 0.499. The van der Waals surface area contributed by atoms with E-state index in [4.69, 9.17) is 0 Å². The van der Waals surface area contributed by atoms with E-state index in [1.807, 2.05) is 0 Å². The zero-order valence-electron chi connectivity index (χ0n) is 21.7. The minimum atomic E-state index is 0.499. The van der Waals surface area contributed by atoms with Crippen molar-refractivity contribution in [2.45, 2.75) is 12.3 Å². The van der Waals surface area contributed by atoms with Crippen molar-refractivity contribution < 1.29 is 0 Å². The Labute approximate surface area is 230 Å². The van der Waals surface area contributed by atoms with Gasteiger partial charge in [-0.1, -0.05) is 121 Å². The van der Waals surface area contributed by atoms with E-state index >= 15 is 0 Å². The lowest BCUT2D eigenvalue weighted by atomic mass is 9.74. The van der Waals surface area contributed by atoms with Crippen LogP contribution in [0.4, 0.5) is 17.1 Å². The Morgan fingerprint density at radius 3 is 1.28 bits per heavy atom. The molecule has 1 nitrogen and oxygen atoms in total. The van der Waals surface area contributed by atoms with Crippen LogP contribution in [-0.2, 0) is 6.42 Å². The van der Waals surface area contributed by atoms with Crippen molar-refractivity contribution in [1.82, 2.24) is 0 Å². The summed E-state index contributed by atoms with van der Waals surface area (Å²) < 4.78 is 0. The molecule has 7 rings (SSSR count). The zero-order valence-corrected chi connectivity index (χ0v) is 21.7. The molecule has 6 aromatic rings. The zero-order chi connectivity index (χ0) is 26.0. The van der Waals surface area contributed by atoms with Gasteiger partial charge in [-0.2, -0.15) is 0 Å². The summed E-state index contributed by atoms with van der Waals surface area (Å²) in [4.78, 5) is 2.35. The summed E-state index contributed by atoms with van der Waals surface area (Å²) >= 11 is 0. The van der Waals surface area contributed by atoms with Gasteiger partial charge in [-0.25, -0.2) is 0 Å². The first-order chi connectivity index (χ1) is 19.3. The topological polar surface area (TPSA) is 3.24 Å². The van der Waals surface area contributed by atoms with Crippen LogP contribution in [0.15, 0.2) is 158 Å². The molecule has 1 unspecified atom stereocenters. The fourth-order valence-electron chi connectivity index (χ4n) is 5.73. The molecule has 0 aromatic heterocycles. The third-order valence-electron chi connectivity index (χ3n) is 7.87. The Hall–Kier alpha value is -4.88. The van der Waals surface area contributed by atoms with Crippen LogP contribution in [0.2, 0.25) is 0 Å². The molecule has 0 aliphatic heterocycles. The quantitative estimate of drug-likeness (QED) is 0.220. The molecule has 0 saturated carbocycles. The van der Waals surface area contributed by atoms with E-state index in [1.165, 1.54) is 38.9 Å². The fraction of sp³-hybridized carbons (Fsp3) is 0.0526. The van der Waals surface area contributed by atoms with Gasteiger partial charge in [-0.15, -0.1) is 0 Å². The Morgan fingerprint density at radius 2 is 0.795 bits per heavy atom. The lowest BCUT2D eigenvalue weighted by molar-refractivity contribution is 0.708. The van der Waals surface area contributed by atoms with Gasteiger partial charge in [-0.3, -0.25) is 0 Å². The van der Waals surface area contributed by atoms with Gasteiger partial charge >= 0.3 is 0 Å². The Morgan fingerprint density at radius 1 is 0.385 bits per heavy atom. The Kier molecular flexibility index (Phi) is 6.03. The van der Waals surface area contributed by atoms with E-state index in [2.05, 4.69) is 163 Å². The van der Waals surface area contributed by atoms with Gasteiger partial charge in [0.05, 0.1) is 0 Å². The largest absolute Gasteiger partial charge is 0.311 e. The second kappa shape index (κ2) is 10.1. The highest BCUT2D eigenvalue weighted by Crippen LogP contribution is 2.42. The first kappa shape index (κ1) is 23.3.